The van der Waals surface area contributed by atoms with Gasteiger partial charge in [0, 0.05) is 17.4 Å². The van der Waals surface area contributed by atoms with E-state index in [4.69, 9.17) is 21.1 Å². The number of thioether (sulfide) groups is 1. The second-order valence-corrected chi connectivity index (χ2v) is 6.53. The zero-order valence-electron chi connectivity index (χ0n) is 12.1. The molecule has 1 N–H and O–H groups in total. The molecule has 0 aliphatic carbocycles. The number of nitrogens with zero attached hydrogens (tertiary/aromatic N) is 2. The third kappa shape index (κ3) is 4.63. The Bertz CT molecular complexity index is 585. The van der Waals surface area contributed by atoms with Crippen LogP contribution in [0.2, 0.25) is 5.02 Å². The van der Waals surface area contributed by atoms with E-state index in [1.807, 2.05) is 12.1 Å². The van der Waals surface area contributed by atoms with Gasteiger partial charge in [-0.05, 0) is 43.5 Å². The number of aromatic nitrogens is 3. The van der Waals surface area contributed by atoms with Gasteiger partial charge in [0.05, 0.1) is 6.10 Å². The van der Waals surface area contributed by atoms with Crippen molar-refractivity contribution in [3.63, 3.8) is 0 Å². The van der Waals surface area contributed by atoms with Gasteiger partial charge in [-0.15, -0.1) is 5.10 Å². The number of benzene rings is 1. The van der Waals surface area contributed by atoms with Crippen LogP contribution in [0, 0.1) is 0 Å². The average Bonchev–Trinajstić information content (AvgIpc) is 3.01. The summed E-state index contributed by atoms with van der Waals surface area (Å²) in [5.74, 6) is 2.36. The Hall–Kier alpha value is -1.24. The number of hydrogen-bond donors (Lipinski definition) is 1. The molecule has 1 fully saturated rings. The van der Waals surface area contributed by atoms with Crippen LogP contribution in [0.15, 0.2) is 29.4 Å². The van der Waals surface area contributed by atoms with E-state index >= 15 is 0 Å². The number of hydrogen-bond acceptors (Lipinski definition) is 5. The minimum Gasteiger partial charge on any atom is -0.486 e. The Labute approximate surface area is 138 Å². The Morgan fingerprint density at radius 2 is 2.18 bits per heavy atom. The van der Waals surface area contributed by atoms with Crippen LogP contribution in [0.1, 0.15) is 25.1 Å². The molecule has 1 unspecified atom stereocenters. The molecular weight excluding hydrogens is 322 g/mol. The molecule has 1 aliphatic heterocycles. The highest BCUT2D eigenvalue weighted by molar-refractivity contribution is 7.99. The van der Waals surface area contributed by atoms with Crippen LogP contribution in [0.5, 0.6) is 5.75 Å². The Balaban J connectivity index is 1.45. The third-order valence-electron chi connectivity index (χ3n) is 3.37. The van der Waals surface area contributed by atoms with Crippen molar-refractivity contribution in [1.82, 2.24) is 15.2 Å². The molecule has 1 aromatic carbocycles. The van der Waals surface area contributed by atoms with Crippen molar-refractivity contribution in [1.29, 1.82) is 0 Å². The minimum atomic E-state index is 0.325. The maximum Gasteiger partial charge on any atom is 0.208 e. The Kier molecular flexibility index (Phi) is 5.58. The molecule has 7 heteroatoms. The second-order valence-electron chi connectivity index (χ2n) is 5.11. The first-order chi connectivity index (χ1) is 10.8. The van der Waals surface area contributed by atoms with Crippen LogP contribution in [0.25, 0.3) is 0 Å². The van der Waals surface area contributed by atoms with Crippen LogP contribution in [-0.4, -0.2) is 33.6 Å². The van der Waals surface area contributed by atoms with Gasteiger partial charge in [0.1, 0.15) is 12.4 Å². The second kappa shape index (κ2) is 7.85. The summed E-state index contributed by atoms with van der Waals surface area (Å²) in [5, 5.41) is 8.53. The van der Waals surface area contributed by atoms with Crippen LogP contribution in [-0.2, 0) is 11.3 Å². The van der Waals surface area contributed by atoms with Gasteiger partial charge in [0.15, 0.2) is 5.82 Å². The average molecular weight is 340 g/mol. The van der Waals surface area contributed by atoms with Crippen molar-refractivity contribution in [2.24, 2.45) is 0 Å². The Morgan fingerprint density at radius 3 is 2.95 bits per heavy atom. The number of ether oxygens (including phenoxy) is 2. The highest BCUT2D eigenvalue weighted by Gasteiger charge is 2.15. The molecule has 2 aromatic rings. The molecule has 0 bridgehead atoms. The molecule has 2 heterocycles. The predicted octanol–water partition coefficient (Wildman–Crippen LogP) is 3.70. The summed E-state index contributed by atoms with van der Waals surface area (Å²) in [4.78, 5) is 4.42. The largest absolute Gasteiger partial charge is 0.486 e. The van der Waals surface area contributed by atoms with E-state index in [9.17, 15) is 0 Å². The van der Waals surface area contributed by atoms with Gasteiger partial charge in [0.25, 0.3) is 0 Å². The molecule has 0 saturated carbocycles. The first-order valence-corrected chi connectivity index (χ1v) is 8.70. The summed E-state index contributed by atoms with van der Waals surface area (Å²) in [6, 6.07) is 7.25. The lowest BCUT2D eigenvalue weighted by Crippen LogP contribution is -2.21. The summed E-state index contributed by atoms with van der Waals surface area (Å²) in [5.41, 5.74) is 0. The third-order valence-corrected chi connectivity index (χ3v) is 4.60. The van der Waals surface area contributed by atoms with E-state index in [1.165, 1.54) is 12.8 Å². The van der Waals surface area contributed by atoms with E-state index in [-0.39, 0.29) is 0 Å². The zero-order chi connectivity index (χ0) is 15.2. The van der Waals surface area contributed by atoms with Crippen molar-refractivity contribution < 1.29 is 9.47 Å². The fourth-order valence-corrected chi connectivity index (χ4v) is 3.20. The maximum atomic E-state index is 5.83. The molecule has 5 nitrogen and oxygen atoms in total. The van der Waals surface area contributed by atoms with Crippen LogP contribution in [0.3, 0.4) is 0 Å². The molecule has 118 valence electrons. The van der Waals surface area contributed by atoms with Crippen LogP contribution < -0.4 is 4.74 Å². The Morgan fingerprint density at radius 1 is 1.32 bits per heavy atom. The van der Waals surface area contributed by atoms with E-state index in [0.29, 0.717) is 23.6 Å². The molecule has 1 aromatic heterocycles. The van der Waals surface area contributed by atoms with E-state index in [2.05, 4.69) is 15.2 Å². The highest BCUT2D eigenvalue weighted by atomic mass is 35.5. The lowest BCUT2D eigenvalue weighted by molar-refractivity contribution is 0.0315. The van der Waals surface area contributed by atoms with E-state index in [1.54, 1.807) is 23.9 Å². The fourth-order valence-electron chi connectivity index (χ4n) is 2.20. The number of halogens is 1. The molecule has 0 radical (unpaired) electrons. The maximum absolute atomic E-state index is 5.83. The number of H-pyrrole nitrogens is 1. The first kappa shape index (κ1) is 15.6. The summed E-state index contributed by atoms with van der Waals surface area (Å²) in [7, 11) is 0. The van der Waals surface area contributed by atoms with Gasteiger partial charge in [-0.1, -0.05) is 23.4 Å². The summed E-state index contributed by atoms with van der Waals surface area (Å²) < 4.78 is 11.3. The van der Waals surface area contributed by atoms with Gasteiger partial charge >= 0.3 is 0 Å². The smallest absolute Gasteiger partial charge is 0.208 e. The van der Waals surface area contributed by atoms with Gasteiger partial charge < -0.3 is 9.47 Å². The standard InChI is InChI=1S/C15H18ClN3O2S/c16-11-4-6-12(7-5-11)21-9-14-17-15(19-18-14)22-10-13-3-1-2-8-20-13/h4-7,13H,1-3,8-10H2,(H,17,18,19). The van der Waals surface area contributed by atoms with Crippen molar-refractivity contribution in [2.45, 2.75) is 37.1 Å². The van der Waals surface area contributed by atoms with Crippen molar-refractivity contribution in [3.8, 4) is 5.75 Å². The normalized spacial score (nSPS) is 18.3. The van der Waals surface area contributed by atoms with E-state index in [0.717, 1.165) is 29.7 Å². The van der Waals surface area contributed by atoms with Crippen molar-refractivity contribution in [2.75, 3.05) is 12.4 Å². The van der Waals surface area contributed by atoms with Gasteiger partial charge in [0.2, 0.25) is 5.16 Å². The van der Waals surface area contributed by atoms with Gasteiger partial charge in [-0.25, -0.2) is 4.98 Å². The number of aromatic amines is 1. The van der Waals surface area contributed by atoms with Crippen LogP contribution >= 0.6 is 23.4 Å². The minimum absolute atomic E-state index is 0.325. The predicted molar refractivity (Wildman–Crippen MR) is 86.5 cm³/mol. The molecule has 22 heavy (non-hydrogen) atoms. The lowest BCUT2D eigenvalue weighted by atomic mass is 10.1. The van der Waals surface area contributed by atoms with Crippen LogP contribution in [0.4, 0.5) is 0 Å². The monoisotopic (exact) mass is 339 g/mol. The molecule has 1 aliphatic rings. The molecule has 3 rings (SSSR count). The number of rotatable bonds is 6. The number of nitrogens with one attached hydrogen (secondary N) is 1. The lowest BCUT2D eigenvalue weighted by Gasteiger charge is -2.21. The zero-order valence-corrected chi connectivity index (χ0v) is 13.7. The molecule has 1 saturated heterocycles. The van der Waals surface area contributed by atoms with Crippen molar-refractivity contribution in [3.05, 3.63) is 35.1 Å². The summed E-state index contributed by atoms with van der Waals surface area (Å²) in [6.45, 7) is 1.23. The summed E-state index contributed by atoms with van der Waals surface area (Å²) >= 11 is 7.45. The first-order valence-electron chi connectivity index (χ1n) is 7.33. The van der Waals surface area contributed by atoms with Crippen molar-refractivity contribution >= 4 is 23.4 Å². The quantitative estimate of drug-likeness (QED) is 0.813. The fraction of sp³-hybridized carbons (Fsp3) is 0.467. The highest BCUT2D eigenvalue weighted by Crippen LogP contribution is 2.21. The molecule has 1 atom stereocenters. The SMILES string of the molecule is Clc1ccc(OCc2nc(SCC3CCCCO3)n[nH]2)cc1. The summed E-state index contributed by atoms with van der Waals surface area (Å²) in [6.07, 6.45) is 3.88. The molecular formula is C15H18ClN3O2S. The van der Waals surface area contributed by atoms with Gasteiger partial charge in [-0.3, -0.25) is 5.10 Å². The molecule has 0 spiro atoms. The molecule has 0 amide bonds. The van der Waals surface area contributed by atoms with Gasteiger partial charge in [-0.2, -0.15) is 0 Å². The van der Waals surface area contributed by atoms with E-state index < -0.39 is 0 Å². The topological polar surface area (TPSA) is 60.0 Å².